The van der Waals surface area contributed by atoms with Crippen LogP contribution in [0.5, 0.6) is 0 Å². The van der Waals surface area contributed by atoms with E-state index in [1.807, 2.05) is 72.8 Å². The Kier molecular flexibility index (Phi) is 11.0. The molecule has 3 saturated heterocycles. The van der Waals surface area contributed by atoms with E-state index in [1.165, 1.54) is 0 Å². The van der Waals surface area contributed by atoms with E-state index < -0.39 is 47.7 Å². The fourth-order valence-corrected chi connectivity index (χ4v) is 8.22. The normalized spacial score (nSPS) is 24.5. The minimum absolute atomic E-state index is 0.0500. The van der Waals surface area contributed by atoms with Crippen LogP contribution in [0.2, 0.25) is 0 Å². The Balaban J connectivity index is 1.32. The zero-order valence-electron chi connectivity index (χ0n) is 29.1. The van der Waals surface area contributed by atoms with Crippen molar-refractivity contribution in [1.29, 1.82) is 0 Å². The average Bonchev–Trinajstić information content (AvgIpc) is 3.79. The van der Waals surface area contributed by atoms with Crippen LogP contribution in [0, 0.1) is 11.8 Å². The molecule has 10 heteroatoms. The van der Waals surface area contributed by atoms with Gasteiger partial charge in [0.1, 0.15) is 17.7 Å². The Morgan fingerprint density at radius 2 is 1.80 bits per heavy atom. The minimum atomic E-state index is -1.23. The van der Waals surface area contributed by atoms with Crippen LogP contribution < -0.4 is 10.2 Å². The summed E-state index contributed by atoms with van der Waals surface area (Å²) in [4.78, 5) is 59.7. The summed E-state index contributed by atoms with van der Waals surface area (Å²) >= 11 is 0. The van der Waals surface area contributed by atoms with Crippen molar-refractivity contribution in [2.45, 2.75) is 75.3 Å². The van der Waals surface area contributed by atoms with E-state index in [4.69, 9.17) is 9.47 Å². The number of hydrogen-bond acceptors (Lipinski definition) is 7. The number of unbranched alkanes of at least 4 members (excludes halogenated alkanes) is 1. The number of carbonyl (C=O) groups excluding carboxylic acids is 4. The van der Waals surface area contributed by atoms with Crippen LogP contribution in [0.15, 0.2) is 98.1 Å². The van der Waals surface area contributed by atoms with Gasteiger partial charge in [-0.2, -0.15) is 0 Å². The first-order valence-electron chi connectivity index (χ1n) is 17.9. The number of aliphatic hydroxyl groups excluding tert-OH is 1. The van der Waals surface area contributed by atoms with Crippen molar-refractivity contribution in [3.63, 3.8) is 0 Å². The molecule has 3 aromatic carbocycles. The molecule has 3 amide bonds. The topological polar surface area (TPSA) is 125 Å². The van der Waals surface area contributed by atoms with E-state index in [9.17, 15) is 24.3 Å². The number of fused-ring (bicyclic) bond motifs is 2. The fraction of sp³-hybridized carbons (Fsp3) is 0.415. The van der Waals surface area contributed by atoms with Gasteiger partial charge in [-0.3, -0.25) is 19.2 Å². The molecule has 1 spiro atoms. The predicted octanol–water partition coefficient (Wildman–Crippen LogP) is 5.26. The standard InChI is InChI=1S/C41H47N3O7/c1-4-6-18-33(46)42-27(3)36(29-15-8-7-9-16-29)50-40(49)34-32-21-22-41(51-32)35(34)38(47)44(24-12-13-25-45)37(41)39(48)43(23-5-2)31-20-19-28-14-10-11-17-30(28)26-31/h4-5,7-11,14-17,19-20,26-27,32,34-37,45H,1-2,6,12-13,18,21-25H2,3H3,(H,42,46)/t27-,32+,34-,35-,36-,37+,41-/m1/s1. The van der Waals surface area contributed by atoms with Gasteiger partial charge in [0.15, 0.2) is 0 Å². The van der Waals surface area contributed by atoms with Gasteiger partial charge in [-0.15, -0.1) is 13.2 Å². The van der Waals surface area contributed by atoms with Crippen molar-refractivity contribution in [2.75, 3.05) is 24.6 Å². The molecular formula is C41H47N3O7. The van der Waals surface area contributed by atoms with Gasteiger partial charge in [0.25, 0.3) is 5.91 Å². The first kappa shape index (κ1) is 36.0. The number of anilines is 1. The zero-order chi connectivity index (χ0) is 36.1. The lowest BCUT2D eigenvalue weighted by molar-refractivity contribution is -0.162. The van der Waals surface area contributed by atoms with Gasteiger partial charge in [0, 0.05) is 31.8 Å². The van der Waals surface area contributed by atoms with Crippen LogP contribution in [-0.4, -0.2) is 77.2 Å². The van der Waals surface area contributed by atoms with Gasteiger partial charge in [0.2, 0.25) is 11.8 Å². The van der Waals surface area contributed by atoms with E-state index in [0.717, 1.165) is 10.8 Å². The highest BCUT2D eigenvalue weighted by molar-refractivity contribution is 6.05. The number of nitrogens with zero attached hydrogens (tertiary/aromatic N) is 2. The van der Waals surface area contributed by atoms with Gasteiger partial charge >= 0.3 is 5.97 Å². The number of esters is 1. The third kappa shape index (κ3) is 6.95. The Morgan fingerprint density at radius 1 is 1.06 bits per heavy atom. The highest BCUT2D eigenvalue weighted by Crippen LogP contribution is 2.59. The summed E-state index contributed by atoms with van der Waals surface area (Å²) in [5.41, 5.74) is 0.137. The smallest absolute Gasteiger partial charge is 0.313 e. The maximum Gasteiger partial charge on any atom is 0.313 e. The van der Waals surface area contributed by atoms with Crippen LogP contribution in [0.3, 0.4) is 0 Å². The molecule has 0 saturated carbocycles. The van der Waals surface area contributed by atoms with Crippen LogP contribution in [0.25, 0.3) is 10.8 Å². The second kappa shape index (κ2) is 15.6. The predicted molar refractivity (Wildman–Crippen MR) is 194 cm³/mol. The summed E-state index contributed by atoms with van der Waals surface area (Å²) in [7, 11) is 0. The molecule has 7 atom stereocenters. The lowest BCUT2D eigenvalue weighted by Gasteiger charge is -2.37. The maximum absolute atomic E-state index is 14.9. The Labute approximate surface area is 299 Å². The highest BCUT2D eigenvalue weighted by atomic mass is 16.6. The van der Waals surface area contributed by atoms with Gasteiger partial charge in [-0.1, -0.05) is 72.8 Å². The van der Waals surface area contributed by atoms with Gasteiger partial charge in [0.05, 0.1) is 24.0 Å². The fourth-order valence-electron chi connectivity index (χ4n) is 8.22. The summed E-state index contributed by atoms with van der Waals surface area (Å²) in [6.45, 7) is 9.77. The summed E-state index contributed by atoms with van der Waals surface area (Å²) in [6, 6.07) is 21.3. The molecule has 0 aliphatic carbocycles. The van der Waals surface area contributed by atoms with Crippen LogP contribution in [0.1, 0.15) is 57.1 Å². The monoisotopic (exact) mass is 693 g/mol. The first-order chi connectivity index (χ1) is 24.7. The number of likely N-dealkylation sites (tertiary alicyclic amines) is 1. The molecule has 6 rings (SSSR count). The molecule has 2 bridgehead atoms. The van der Waals surface area contributed by atoms with Crippen LogP contribution in [-0.2, 0) is 28.7 Å². The molecular weight excluding hydrogens is 646 g/mol. The van der Waals surface area contributed by atoms with Crippen molar-refractivity contribution in [3.8, 4) is 0 Å². The number of carbonyl (C=O) groups is 4. The SMILES string of the molecule is C=CCCC(=O)N[C@H](C)[C@@H](OC(=O)[C@@H]1[C@@H]2CC[C@]3(O2)[C@H](C(=O)N(CC=C)c2ccc4ccccc4c2)N(CCCCO)C(=O)[C@@H]13)c1ccccc1. The molecule has 0 unspecified atom stereocenters. The van der Waals surface area contributed by atoms with E-state index in [-0.39, 0.29) is 43.8 Å². The number of rotatable bonds is 16. The first-order valence-corrected chi connectivity index (χ1v) is 17.9. The Morgan fingerprint density at radius 3 is 2.53 bits per heavy atom. The number of aliphatic hydroxyl groups is 1. The Bertz CT molecular complexity index is 1780. The Hall–Kier alpha value is -4.80. The highest BCUT2D eigenvalue weighted by Gasteiger charge is 2.75. The molecule has 3 aromatic rings. The van der Waals surface area contributed by atoms with Crippen molar-refractivity contribution in [2.24, 2.45) is 11.8 Å². The molecule has 3 aliphatic heterocycles. The summed E-state index contributed by atoms with van der Waals surface area (Å²) in [6.07, 6.45) is 4.51. The molecule has 0 aromatic heterocycles. The van der Waals surface area contributed by atoms with E-state index in [0.29, 0.717) is 43.4 Å². The number of benzene rings is 3. The number of amides is 3. The second-order valence-corrected chi connectivity index (χ2v) is 13.7. The summed E-state index contributed by atoms with van der Waals surface area (Å²) < 4.78 is 12.9. The zero-order valence-corrected chi connectivity index (χ0v) is 29.1. The molecule has 268 valence electrons. The van der Waals surface area contributed by atoms with E-state index >= 15 is 0 Å². The number of nitrogens with one attached hydrogen (secondary N) is 1. The third-order valence-electron chi connectivity index (χ3n) is 10.5. The van der Waals surface area contributed by atoms with Crippen LogP contribution in [0.4, 0.5) is 5.69 Å². The van der Waals surface area contributed by atoms with Crippen molar-refractivity contribution in [1.82, 2.24) is 10.2 Å². The summed E-state index contributed by atoms with van der Waals surface area (Å²) in [5, 5.41) is 14.5. The summed E-state index contributed by atoms with van der Waals surface area (Å²) in [5.74, 6) is -3.28. The quantitative estimate of drug-likeness (QED) is 0.119. The van der Waals surface area contributed by atoms with Gasteiger partial charge in [-0.25, -0.2) is 0 Å². The molecule has 3 heterocycles. The van der Waals surface area contributed by atoms with Crippen LogP contribution >= 0.6 is 0 Å². The molecule has 3 fully saturated rings. The van der Waals surface area contributed by atoms with Crippen molar-refractivity contribution < 1.29 is 33.8 Å². The number of allylic oxidation sites excluding steroid dienone is 1. The number of hydrogen-bond donors (Lipinski definition) is 2. The molecule has 51 heavy (non-hydrogen) atoms. The second-order valence-electron chi connectivity index (χ2n) is 13.7. The van der Waals surface area contributed by atoms with E-state index in [1.54, 1.807) is 28.9 Å². The lowest BCUT2D eigenvalue weighted by atomic mass is 9.70. The lowest BCUT2D eigenvalue weighted by Crippen LogP contribution is -2.56. The minimum Gasteiger partial charge on any atom is -0.455 e. The number of ether oxygens (including phenoxy) is 2. The van der Waals surface area contributed by atoms with Gasteiger partial charge in [-0.05, 0) is 67.5 Å². The molecule has 2 N–H and O–H groups in total. The average molecular weight is 694 g/mol. The molecule has 3 aliphatic rings. The third-order valence-corrected chi connectivity index (χ3v) is 10.5. The molecule has 10 nitrogen and oxygen atoms in total. The largest absolute Gasteiger partial charge is 0.455 e. The van der Waals surface area contributed by atoms with Gasteiger partial charge < -0.3 is 29.7 Å². The van der Waals surface area contributed by atoms with Crippen molar-refractivity contribution >= 4 is 40.2 Å². The van der Waals surface area contributed by atoms with E-state index in [2.05, 4.69) is 18.5 Å². The van der Waals surface area contributed by atoms with Crippen molar-refractivity contribution in [3.05, 3.63) is 104 Å². The maximum atomic E-state index is 14.9. The molecule has 0 radical (unpaired) electrons.